The Morgan fingerprint density at radius 2 is 1.85 bits per heavy atom. The lowest BCUT2D eigenvalue weighted by Gasteiger charge is -2.04. The molecule has 26 heavy (non-hydrogen) atoms. The SMILES string of the molecule is COc1ccc(NC(=O)c2nnc(C(=O)NCCc3ccco3)s2)cc1. The molecule has 3 rings (SSSR count). The minimum atomic E-state index is -0.428. The highest BCUT2D eigenvalue weighted by molar-refractivity contribution is 7.15. The Bertz CT molecular complexity index is 875. The number of furan rings is 1. The number of carbonyl (C=O) groups is 2. The summed E-state index contributed by atoms with van der Waals surface area (Å²) in [5, 5.41) is 13.2. The average molecular weight is 372 g/mol. The van der Waals surface area contributed by atoms with Crippen LogP contribution in [0.5, 0.6) is 5.75 Å². The summed E-state index contributed by atoms with van der Waals surface area (Å²) in [5.74, 6) is 0.661. The van der Waals surface area contributed by atoms with Gasteiger partial charge in [-0.2, -0.15) is 0 Å². The van der Waals surface area contributed by atoms with Crippen molar-refractivity contribution in [2.75, 3.05) is 19.0 Å². The summed E-state index contributed by atoms with van der Waals surface area (Å²) in [5.41, 5.74) is 0.593. The van der Waals surface area contributed by atoms with Crippen molar-refractivity contribution in [1.29, 1.82) is 0 Å². The van der Waals surface area contributed by atoms with E-state index in [4.69, 9.17) is 9.15 Å². The van der Waals surface area contributed by atoms with Gasteiger partial charge in [0, 0.05) is 18.7 Å². The quantitative estimate of drug-likeness (QED) is 0.659. The molecule has 0 radical (unpaired) electrons. The van der Waals surface area contributed by atoms with Gasteiger partial charge in [0.05, 0.1) is 13.4 Å². The standard InChI is InChI=1S/C17H16N4O4S/c1-24-12-6-4-11(5-7-12)19-15(23)17-21-20-16(26-17)14(22)18-9-8-13-3-2-10-25-13/h2-7,10H,8-9H2,1H3,(H,18,22)(H,19,23). The summed E-state index contributed by atoms with van der Waals surface area (Å²) >= 11 is 0.929. The molecule has 9 heteroatoms. The molecule has 134 valence electrons. The molecule has 8 nitrogen and oxygen atoms in total. The van der Waals surface area contributed by atoms with Gasteiger partial charge in [-0.25, -0.2) is 0 Å². The molecule has 0 bridgehead atoms. The fourth-order valence-electron chi connectivity index (χ4n) is 2.10. The van der Waals surface area contributed by atoms with Crippen molar-refractivity contribution in [3.05, 3.63) is 58.4 Å². The Kier molecular flexibility index (Phi) is 5.59. The van der Waals surface area contributed by atoms with Crippen molar-refractivity contribution < 1.29 is 18.7 Å². The van der Waals surface area contributed by atoms with Gasteiger partial charge in [-0.15, -0.1) is 10.2 Å². The lowest BCUT2D eigenvalue weighted by molar-refractivity contribution is 0.0951. The van der Waals surface area contributed by atoms with Crippen LogP contribution in [0.2, 0.25) is 0 Å². The molecule has 2 amide bonds. The van der Waals surface area contributed by atoms with Crippen LogP contribution in [-0.4, -0.2) is 35.7 Å². The third-order valence-corrected chi connectivity index (χ3v) is 4.32. The molecular formula is C17H16N4O4S. The number of benzene rings is 1. The summed E-state index contributed by atoms with van der Waals surface area (Å²) in [6, 6.07) is 10.5. The van der Waals surface area contributed by atoms with E-state index >= 15 is 0 Å². The smallest absolute Gasteiger partial charge is 0.286 e. The van der Waals surface area contributed by atoms with E-state index in [1.807, 2.05) is 6.07 Å². The molecule has 0 fully saturated rings. The zero-order valence-corrected chi connectivity index (χ0v) is 14.7. The molecule has 3 aromatic rings. The van der Waals surface area contributed by atoms with Crippen LogP contribution in [0.1, 0.15) is 25.4 Å². The first kappa shape index (κ1) is 17.6. The van der Waals surface area contributed by atoms with Crippen LogP contribution in [-0.2, 0) is 6.42 Å². The van der Waals surface area contributed by atoms with Crippen LogP contribution in [0.4, 0.5) is 5.69 Å². The summed E-state index contributed by atoms with van der Waals surface area (Å²) in [6.07, 6.45) is 2.15. The van der Waals surface area contributed by atoms with E-state index in [1.165, 1.54) is 0 Å². The maximum Gasteiger partial charge on any atom is 0.286 e. The van der Waals surface area contributed by atoms with E-state index in [2.05, 4.69) is 20.8 Å². The fraction of sp³-hybridized carbons (Fsp3) is 0.176. The van der Waals surface area contributed by atoms with Gasteiger partial charge in [-0.05, 0) is 36.4 Å². The highest BCUT2D eigenvalue weighted by Crippen LogP contribution is 2.17. The first-order valence-electron chi connectivity index (χ1n) is 7.75. The molecule has 1 aromatic carbocycles. The second-order valence-electron chi connectivity index (χ2n) is 5.18. The second-order valence-corrected chi connectivity index (χ2v) is 6.16. The number of methoxy groups -OCH3 is 1. The third kappa shape index (κ3) is 4.45. The van der Waals surface area contributed by atoms with Crippen molar-refractivity contribution >= 4 is 28.8 Å². The second kappa shape index (κ2) is 8.26. The molecule has 0 atom stereocenters. The molecule has 0 aliphatic heterocycles. The van der Waals surface area contributed by atoms with E-state index in [1.54, 1.807) is 43.7 Å². The summed E-state index contributed by atoms with van der Waals surface area (Å²) in [4.78, 5) is 24.3. The van der Waals surface area contributed by atoms with Crippen LogP contribution < -0.4 is 15.4 Å². The topological polar surface area (TPSA) is 106 Å². The van der Waals surface area contributed by atoms with Crippen molar-refractivity contribution in [2.45, 2.75) is 6.42 Å². The van der Waals surface area contributed by atoms with Crippen molar-refractivity contribution in [3.8, 4) is 5.75 Å². The van der Waals surface area contributed by atoms with Crippen molar-refractivity contribution in [3.63, 3.8) is 0 Å². The number of hydrogen-bond acceptors (Lipinski definition) is 7. The van der Waals surface area contributed by atoms with Crippen molar-refractivity contribution in [2.24, 2.45) is 0 Å². The molecule has 0 saturated carbocycles. The molecule has 0 unspecified atom stereocenters. The Morgan fingerprint density at radius 1 is 1.12 bits per heavy atom. The molecule has 2 heterocycles. The van der Waals surface area contributed by atoms with Gasteiger partial charge in [0.25, 0.3) is 11.8 Å². The van der Waals surface area contributed by atoms with Gasteiger partial charge >= 0.3 is 0 Å². The number of anilines is 1. The van der Waals surface area contributed by atoms with E-state index in [9.17, 15) is 9.59 Å². The molecule has 0 aliphatic carbocycles. The van der Waals surface area contributed by atoms with Crippen LogP contribution >= 0.6 is 11.3 Å². The Balaban J connectivity index is 1.53. The van der Waals surface area contributed by atoms with E-state index in [0.29, 0.717) is 24.4 Å². The zero-order chi connectivity index (χ0) is 18.4. The maximum absolute atomic E-state index is 12.2. The van der Waals surface area contributed by atoms with Crippen LogP contribution in [0.25, 0.3) is 0 Å². The zero-order valence-electron chi connectivity index (χ0n) is 13.9. The van der Waals surface area contributed by atoms with E-state index < -0.39 is 5.91 Å². The number of carbonyl (C=O) groups excluding carboxylic acids is 2. The van der Waals surface area contributed by atoms with E-state index in [0.717, 1.165) is 17.1 Å². The van der Waals surface area contributed by atoms with Crippen LogP contribution in [0, 0.1) is 0 Å². The summed E-state index contributed by atoms with van der Waals surface area (Å²) < 4.78 is 10.3. The average Bonchev–Trinajstić information content (AvgIpc) is 3.34. The number of amides is 2. The highest BCUT2D eigenvalue weighted by atomic mass is 32.1. The molecule has 2 aromatic heterocycles. The van der Waals surface area contributed by atoms with Gasteiger partial charge in [0.15, 0.2) is 0 Å². The number of ether oxygens (including phenoxy) is 1. The minimum absolute atomic E-state index is 0.108. The number of rotatable bonds is 7. The maximum atomic E-state index is 12.2. The number of hydrogen-bond donors (Lipinski definition) is 2. The summed E-state index contributed by atoms with van der Waals surface area (Å²) in [7, 11) is 1.57. The minimum Gasteiger partial charge on any atom is -0.497 e. The predicted octanol–water partition coefficient (Wildman–Crippen LogP) is 2.36. The number of aromatic nitrogens is 2. The van der Waals surface area contributed by atoms with Gasteiger partial charge in [0.1, 0.15) is 11.5 Å². The Hall–Kier alpha value is -3.20. The van der Waals surface area contributed by atoms with Gasteiger partial charge in [0.2, 0.25) is 10.0 Å². The first-order valence-corrected chi connectivity index (χ1v) is 8.57. The number of nitrogens with one attached hydrogen (secondary N) is 2. The van der Waals surface area contributed by atoms with E-state index in [-0.39, 0.29) is 15.9 Å². The normalized spacial score (nSPS) is 10.3. The molecule has 0 aliphatic rings. The van der Waals surface area contributed by atoms with Gasteiger partial charge in [-0.1, -0.05) is 11.3 Å². The van der Waals surface area contributed by atoms with Gasteiger partial charge < -0.3 is 19.8 Å². The Morgan fingerprint density at radius 3 is 2.50 bits per heavy atom. The monoisotopic (exact) mass is 372 g/mol. The van der Waals surface area contributed by atoms with Crippen molar-refractivity contribution in [1.82, 2.24) is 15.5 Å². The van der Waals surface area contributed by atoms with Crippen LogP contribution in [0.3, 0.4) is 0 Å². The lowest BCUT2D eigenvalue weighted by atomic mass is 10.3. The van der Waals surface area contributed by atoms with Crippen LogP contribution in [0.15, 0.2) is 47.1 Å². The molecule has 2 N–H and O–H groups in total. The third-order valence-electron chi connectivity index (χ3n) is 3.40. The largest absolute Gasteiger partial charge is 0.497 e. The van der Waals surface area contributed by atoms with Gasteiger partial charge in [-0.3, -0.25) is 9.59 Å². The fourth-order valence-corrected chi connectivity index (χ4v) is 2.75. The lowest BCUT2D eigenvalue weighted by Crippen LogP contribution is -2.25. The molecular weight excluding hydrogens is 356 g/mol. The highest BCUT2D eigenvalue weighted by Gasteiger charge is 2.17. The predicted molar refractivity (Wildman–Crippen MR) is 95.6 cm³/mol. The first-order chi connectivity index (χ1) is 12.7. The summed E-state index contributed by atoms with van der Waals surface area (Å²) in [6.45, 7) is 0.402. The molecule has 0 saturated heterocycles. The number of nitrogens with zero attached hydrogens (tertiary/aromatic N) is 2. The molecule has 0 spiro atoms. The Labute approximate surface area is 153 Å².